The van der Waals surface area contributed by atoms with Gasteiger partial charge in [0.15, 0.2) is 0 Å². The number of carbonyl (C=O) groups excluding carboxylic acids is 1. The van der Waals surface area contributed by atoms with E-state index >= 15 is 0 Å². The van der Waals surface area contributed by atoms with E-state index in [4.69, 9.17) is 5.11 Å². The summed E-state index contributed by atoms with van der Waals surface area (Å²) in [5.74, 6) is -3.26. The van der Waals surface area contributed by atoms with Crippen LogP contribution in [0.4, 0.5) is 13.2 Å². The second-order valence-electron chi connectivity index (χ2n) is 5.61. The molecule has 2 rings (SSSR count). The van der Waals surface area contributed by atoms with E-state index < -0.39 is 50.9 Å². The lowest BCUT2D eigenvalue weighted by Gasteiger charge is -2.37. The van der Waals surface area contributed by atoms with Gasteiger partial charge < -0.3 is 15.2 Å². The molecule has 1 aliphatic rings. The van der Waals surface area contributed by atoms with Gasteiger partial charge in [-0.2, -0.15) is 4.31 Å². The van der Waals surface area contributed by atoms with Crippen molar-refractivity contribution in [3.63, 3.8) is 0 Å². The van der Waals surface area contributed by atoms with Crippen LogP contribution in [0.15, 0.2) is 29.2 Å². The lowest BCUT2D eigenvalue weighted by atomic mass is 10.0. The lowest BCUT2D eigenvalue weighted by Crippen LogP contribution is -2.57. The van der Waals surface area contributed by atoms with Crippen molar-refractivity contribution >= 4 is 21.9 Å². The molecule has 1 aromatic carbocycles. The summed E-state index contributed by atoms with van der Waals surface area (Å²) in [5.41, 5.74) is 0. The number of carbonyl (C=O) groups is 2. The number of benzene rings is 1. The number of carboxylic acid groups (broad SMARTS) is 1. The van der Waals surface area contributed by atoms with Gasteiger partial charge in [-0.05, 0) is 19.1 Å². The standard InChI is InChI=1S/C14H15F3N2O6S/c1-8(13(21)22)18-12(20)9-6-19(7-9)26(23,24)11-4-2-3-10(5-11)25-14(15,16)17/h2-5,8-9H,6-7H2,1H3,(H,18,20)(H,21,22). The molecule has 1 aromatic rings. The molecule has 144 valence electrons. The van der Waals surface area contributed by atoms with Crippen LogP contribution < -0.4 is 10.1 Å². The molecule has 8 nitrogen and oxygen atoms in total. The van der Waals surface area contributed by atoms with Crippen LogP contribution >= 0.6 is 0 Å². The number of ether oxygens (including phenoxy) is 1. The molecule has 0 bridgehead atoms. The molecule has 1 atom stereocenters. The third-order valence-corrected chi connectivity index (χ3v) is 5.45. The van der Waals surface area contributed by atoms with Gasteiger partial charge in [0.2, 0.25) is 15.9 Å². The second kappa shape index (κ2) is 7.11. The first-order valence-corrected chi connectivity index (χ1v) is 8.73. The number of nitrogens with one attached hydrogen (secondary N) is 1. The van der Waals surface area contributed by atoms with Crippen LogP contribution in [0.25, 0.3) is 0 Å². The van der Waals surface area contributed by atoms with E-state index in [0.717, 1.165) is 28.6 Å². The highest BCUT2D eigenvalue weighted by Gasteiger charge is 2.41. The van der Waals surface area contributed by atoms with Crippen LogP contribution in [0.5, 0.6) is 5.75 Å². The van der Waals surface area contributed by atoms with Crippen molar-refractivity contribution in [2.75, 3.05) is 13.1 Å². The molecule has 12 heteroatoms. The van der Waals surface area contributed by atoms with Gasteiger partial charge >= 0.3 is 12.3 Å². The molecular weight excluding hydrogens is 381 g/mol. The number of sulfonamides is 1. The van der Waals surface area contributed by atoms with Gasteiger partial charge in [0, 0.05) is 19.2 Å². The zero-order chi connectivity index (χ0) is 19.7. The Kier molecular flexibility index (Phi) is 5.47. The largest absolute Gasteiger partial charge is 0.573 e. The number of aliphatic carboxylic acids is 1. The summed E-state index contributed by atoms with van der Waals surface area (Å²) in [7, 11) is -4.10. The maximum atomic E-state index is 12.4. The highest BCUT2D eigenvalue weighted by Crippen LogP contribution is 2.29. The van der Waals surface area contributed by atoms with Crippen molar-refractivity contribution in [1.29, 1.82) is 0 Å². The number of hydrogen-bond donors (Lipinski definition) is 2. The van der Waals surface area contributed by atoms with Gasteiger partial charge in [0.1, 0.15) is 11.8 Å². The minimum Gasteiger partial charge on any atom is -0.480 e. The average molecular weight is 396 g/mol. The van der Waals surface area contributed by atoms with Crippen molar-refractivity contribution in [3.05, 3.63) is 24.3 Å². The van der Waals surface area contributed by atoms with Crippen LogP contribution in [0.1, 0.15) is 6.92 Å². The summed E-state index contributed by atoms with van der Waals surface area (Å²) in [4.78, 5) is 22.1. The number of carboxylic acids is 1. The number of nitrogens with zero attached hydrogens (tertiary/aromatic N) is 1. The fourth-order valence-corrected chi connectivity index (χ4v) is 3.74. The predicted octanol–water partition coefficient (Wildman–Crippen LogP) is 0.795. The lowest BCUT2D eigenvalue weighted by molar-refractivity contribution is -0.274. The van der Waals surface area contributed by atoms with Crippen LogP contribution in [0.2, 0.25) is 0 Å². The summed E-state index contributed by atoms with van der Waals surface area (Å²) < 4.78 is 66.1. The summed E-state index contributed by atoms with van der Waals surface area (Å²) in [5, 5.41) is 10.9. The molecule has 2 N–H and O–H groups in total. The molecule has 0 aliphatic carbocycles. The normalized spacial score (nSPS) is 17.2. The Balaban J connectivity index is 2.03. The van der Waals surface area contributed by atoms with Crippen LogP contribution in [0.3, 0.4) is 0 Å². The molecule has 1 fully saturated rings. The van der Waals surface area contributed by atoms with Crippen molar-refractivity contribution in [2.24, 2.45) is 5.92 Å². The van der Waals surface area contributed by atoms with E-state index in [1.807, 2.05) is 0 Å². The maximum absolute atomic E-state index is 12.4. The number of alkyl halides is 3. The van der Waals surface area contributed by atoms with Gasteiger partial charge in [-0.15, -0.1) is 13.2 Å². The molecule has 0 radical (unpaired) electrons. The topological polar surface area (TPSA) is 113 Å². The van der Waals surface area contributed by atoms with Crippen molar-refractivity contribution in [1.82, 2.24) is 9.62 Å². The van der Waals surface area contributed by atoms with Gasteiger partial charge in [-0.25, -0.2) is 8.42 Å². The minimum atomic E-state index is -4.96. The second-order valence-corrected chi connectivity index (χ2v) is 7.55. The van der Waals surface area contributed by atoms with Crippen molar-refractivity contribution in [3.8, 4) is 5.75 Å². The molecule has 0 aromatic heterocycles. The maximum Gasteiger partial charge on any atom is 0.573 e. The molecule has 26 heavy (non-hydrogen) atoms. The Hall–Kier alpha value is -2.34. The van der Waals surface area contributed by atoms with E-state index in [9.17, 15) is 31.2 Å². The Morgan fingerprint density at radius 1 is 1.35 bits per heavy atom. The summed E-state index contributed by atoms with van der Waals surface area (Å²) >= 11 is 0. The van der Waals surface area contributed by atoms with Crippen LogP contribution in [0, 0.1) is 5.92 Å². The van der Waals surface area contributed by atoms with Gasteiger partial charge in [-0.1, -0.05) is 6.07 Å². The summed E-state index contributed by atoms with van der Waals surface area (Å²) in [6, 6.07) is 2.80. The third kappa shape index (κ3) is 4.64. The molecular formula is C14H15F3N2O6S. The monoisotopic (exact) mass is 396 g/mol. The minimum absolute atomic E-state index is 0.204. The number of rotatable bonds is 6. The zero-order valence-electron chi connectivity index (χ0n) is 13.4. The smallest absolute Gasteiger partial charge is 0.480 e. The SMILES string of the molecule is CC(NC(=O)C1CN(S(=O)(=O)c2cccc(OC(F)(F)F)c2)C1)C(=O)O. The van der Waals surface area contributed by atoms with E-state index in [1.54, 1.807) is 0 Å². The number of halogens is 3. The molecule has 0 saturated carbocycles. The zero-order valence-corrected chi connectivity index (χ0v) is 14.2. The highest BCUT2D eigenvalue weighted by molar-refractivity contribution is 7.89. The van der Waals surface area contributed by atoms with Gasteiger partial charge in [-0.3, -0.25) is 9.59 Å². The first kappa shape index (κ1) is 20.0. The Bertz CT molecular complexity index is 805. The van der Waals surface area contributed by atoms with E-state index in [-0.39, 0.29) is 13.1 Å². The quantitative estimate of drug-likeness (QED) is 0.735. The Morgan fingerprint density at radius 2 is 1.96 bits per heavy atom. The van der Waals surface area contributed by atoms with Crippen molar-refractivity contribution in [2.45, 2.75) is 24.2 Å². The first-order valence-electron chi connectivity index (χ1n) is 7.29. The molecule has 0 spiro atoms. The molecule has 1 saturated heterocycles. The predicted molar refractivity (Wildman–Crippen MR) is 80.6 cm³/mol. The average Bonchev–Trinajstić information content (AvgIpc) is 2.43. The van der Waals surface area contributed by atoms with Crippen LogP contribution in [-0.4, -0.2) is 55.2 Å². The van der Waals surface area contributed by atoms with Crippen LogP contribution in [-0.2, 0) is 19.6 Å². The van der Waals surface area contributed by atoms with Gasteiger partial charge in [0.05, 0.1) is 10.8 Å². The Morgan fingerprint density at radius 3 is 2.50 bits per heavy atom. The van der Waals surface area contributed by atoms with Gasteiger partial charge in [0.25, 0.3) is 0 Å². The van der Waals surface area contributed by atoms with Crippen molar-refractivity contribution < 1.29 is 41.0 Å². The Labute approximate surface area is 146 Å². The first-order chi connectivity index (χ1) is 11.9. The fourth-order valence-electron chi connectivity index (χ4n) is 2.17. The fraction of sp³-hybridized carbons (Fsp3) is 0.429. The van der Waals surface area contributed by atoms with E-state index in [0.29, 0.717) is 0 Å². The van der Waals surface area contributed by atoms with E-state index in [2.05, 4.69) is 10.1 Å². The highest BCUT2D eigenvalue weighted by atomic mass is 32.2. The molecule has 1 amide bonds. The molecule has 1 heterocycles. The summed E-state index contributed by atoms with van der Waals surface area (Å²) in [6.07, 6.45) is -4.96. The number of hydrogen-bond acceptors (Lipinski definition) is 5. The molecule has 1 unspecified atom stereocenters. The third-order valence-electron chi connectivity index (χ3n) is 3.62. The summed E-state index contributed by atoms with van der Waals surface area (Å²) in [6.45, 7) is 0.856. The molecule has 1 aliphatic heterocycles. The van der Waals surface area contributed by atoms with E-state index in [1.165, 1.54) is 6.92 Å². The number of amides is 1.